The van der Waals surface area contributed by atoms with E-state index in [1.54, 1.807) is 30.3 Å². The number of benzene rings is 3. The molecule has 0 fully saturated rings. The Balaban J connectivity index is 1.88. The maximum absolute atomic E-state index is 13.3. The Morgan fingerprint density at radius 3 is 2.32 bits per heavy atom. The van der Waals surface area contributed by atoms with Gasteiger partial charge in [-0.3, -0.25) is 4.90 Å². The highest BCUT2D eigenvalue weighted by Crippen LogP contribution is 2.38. The third-order valence-corrected chi connectivity index (χ3v) is 6.81. The number of urea groups is 1. The molecule has 7 heteroatoms. The average molecular weight is 413 g/mol. The number of aryl methyl sites for hydroxylation is 1. The van der Waals surface area contributed by atoms with E-state index in [4.69, 9.17) is 11.6 Å². The Morgan fingerprint density at radius 1 is 0.929 bits per heavy atom. The third-order valence-electron chi connectivity index (χ3n) is 4.65. The lowest BCUT2D eigenvalue weighted by Crippen LogP contribution is -2.50. The normalized spacial score (nSPS) is 15.4. The smallest absolute Gasteiger partial charge is 0.287 e. The summed E-state index contributed by atoms with van der Waals surface area (Å²) < 4.78 is 27.3. The molecule has 0 saturated heterocycles. The highest BCUT2D eigenvalue weighted by Gasteiger charge is 2.42. The van der Waals surface area contributed by atoms with Gasteiger partial charge >= 0.3 is 6.03 Å². The van der Waals surface area contributed by atoms with Crippen molar-refractivity contribution in [3.05, 3.63) is 88.9 Å². The minimum Gasteiger partial charge on any atom is -0.287 e. The molecular weight excluding hydrogens is 396 g/mol. The second-order valence-corrected chi connectivity index (χ2v) is 8.69. The first-order chi connectivity index (χ1) is 13.4. The number of anilines is 2. The van der Waals surface area contributed by atoms with Crippen molar-refractivity contribution in [2.24, 2.45) is 0 Å². The highest BCUT2D eigenvalue weighted by molar-refractivity contribution is 7.94. The van der Waals surface area contributed by atoms with Gasteiger partial charge in [0.25, 0.3) is 10.0 Å². The molecule has 3 aromatic carbocycles. The van der Waals surface area contributed by atoms with Crippen molar-refractivity contribution in [3.63, 3.8) is 0 Å². The highest BCUT2D eigenvalue weighted by atomic mass is 35.5. The van der Waals surface area contributed by atoms with Crippen LogP contribution in [0, 0.1) is 6.92 Å². The van der Waals surface area contributed by atoms with Gasteiger partial charge < -0.3 is 0 Å². The molecule has 0 saturated carbocycles. The molecule has 1 aliphatic heterocycles. The predicted octanol–water partition coefficient (Wildman–Crippen LogP) is 4.98. The van der Waals surface area contributed by atoms with Crippen LogP contribution in [0.5, 0.6) is 0 Å². The molecule has 0 aliphatic carbocycles. The zero-order chi connectivity index (χ0) is 19.9. The van der Waals surface area contributed by atoms with E-state index < -0.39 is 16.1 Å². The lowest BCUT2D eigenvalue weighted by molar-refractivity contribution is 0.253. The molecule has 28 heavy (non-hydrogen) atoms. The van der Waals surface area contributed by atoms with E-state index in [1.807, 2.05) is 37.3 Å². The largest absolute Gasteiger partial charge is 0.343 e. The van der Waals surface area contributed by atoms with E-state index >= 15 is 0 Å². The van der Waals surface area contributed by atoms with Crippen molar-refractivity contribution in [2.75, 3.05) is 9.21 Å². The molecule has 0 aromatic heterocycles. The molecule has 0 radical (unpaired) electrons. The zero-order valence-electron chi connectivity index (χ0n) is 15.0. The molecule has 0 N–H and O–H groups in total. The number of fused-ring (bicyclic) bond motifs is 1. The van der Waals surface area contributed by atoms with Crippen molar-refractivity contribution in [1.82, 2.24) is 0 Å². The molecule has 2 amide bonds. The van der Waals surface area contributed by atoms with Gasteiger partial charge in [0.2, 0.25) is 0 Å². The van der Waals surface area contributed by atoms with Crippen LogP contribution in [0.2, 0.25) is 5.02 Å². The summed E-state index contributed by atoms with van der Waals surface area (Å²) in [7, 11) is -4.06. The van der Waals surface area contributed by atoms with Crippen LogP contribution in [0.15, 0.2) is 77.7 Å². The molecular formula is C21H17ClN2O3S. The first-order valence-electron chi connectivity index (χ1n) is 8.65. The minimum absolute atomic E-state index is 0.0854. The van der Waals surface area contributed by atoms with Gasteiger partial charge in [-0.2, -0.15) is 4.31 Å². The Morgan fingerprint density at radius 2 is 1.61 bits per heavy atom. The van der Waals surface area contributed by atoms with Gasteiger partial charge in [0, 0.05) is 5.02 Å². The third kappa shape index (κ3) is 3.04. The molecule has 0 unspecified atom stereocenters. The topological polar surface area (TPSA) is 57.7 Å². The number of carbonyl (C=O) groups is 1. The predicted molar refractivity (Wildman–Crippen MR) is 110 cm³/mol. The Bertz CT molecular complexity index is 1160. The van der Waals surface area contributed by atoms with E-state index in [9.17, 15) is 13.2 Å². The summed E-state index contributed by atoms with van der Waals surface area (Å²) in [6.45, 7) is 2.07. The van der Waals surface area contributed by atoms with Gasteiger partial charge in [-0.25, -0.2) is 13.2 Å². The lowest BCUT2D eigenvalue weighted by atomic mass is 10.2. The summed E-state index contributed by atoms with van der Waals surface area (Å²) in [4.78, 5) is 14.9. The van der Waals surface area contributed by atoms with Crippen LogP contribution in [0.3, 0.4) is 0 Å². The number of sulfonamides is 1. The van der Waals surface area contributed by atoms with E-state index in [0.717, 1.165) is 15.4 Å². The van der Waals surface area contributed by atoms with Crippen LogP contribution in [0.1, 0.15) is 11.1 Å². The molecule has 1 heterocycles. The fraction of sp³-hybridized carbons (Fsp3) is 0.0952. The summed E-state index contributed by atoms with van der Waals surface area (Å²) in [6.07, 6.45) is 0. The van der Waals surface area contributed by atoms with Crippen molar-refractivity contribution >= 4 is 39.0 Å². The molecule has 5 nitrogen and oxygen atoms in total. The molecule has 3 aromatic rings. The molecule has 4 rings (SSSR count). The van der Waals surface area contributed by atoms with Crippen LogP contribution >= 0.6 is 11.6 Å². The number of nitrogens with zero attached hydrogens (tertiary/aromatic N) is 2. The van der Waals surface area contributed by atoms with E-state index in [-0.39, 0.29) is 17.1 Å². The van der Waals surface area contributed by atoms with Gasteiger partial charge in [0.05, 0.1) is 17.9 Å². The number of para-hydroxylation sites is 1. The summed E-state index contributed by atoms with van der Waals surface area (Å²) >= 11 is 6.19. The lowest BCUT2D eigenvalue weighted by Gasteiger charge is -2.36. The first-order valence-corrected chi connectivity index (χ1v) is 10.5. The Labute approximate surface area is 168 Å². The molecule has 0 bridgehead atoms. The second-order valence-electron chi connectivity index (χ2n) is 6.52. The van der Waals surface area contributed by atoms with Crippen molar-refractivity contribution in [2.45, 2.75) is 18.4 Å². The van der Waals surface area contributed by atoms with Gasteiger partial charge in [-0.1, -0.05) is 60.1 Å². The molecule has 0 spiro atoms. The maximum atomic E-state index is 13.3. The zero-order valence-corrected chi connectivity index (χ0v) is 16.6. The number of amides is 2. The van der Waals surface area contributed by atoms with Crippen molar-refractivity contribution in [3.8, 4) is 0 Å². The Kier molecular flexibility index (Phi) is 4.61. The minimum atomic E-state index is -4.06. The number of halogens is 1. The van der Waals surface area contributed by atoms with E-state index in [0.29, 0.717) is 10.7 Å². The Hall–Kier alpha value is -2.83. The summed E-state index contributed by atoms with van der Waals surface area (Å²) in [5.74, 6) is 0. The molecule has 142 valence electrons. The standard InChI is InChI=1S/C21H17ClN2O3S/c1-15-11-12-17(13-18(15)22)24-21(25)23(14-16-7-3-2-4-8-16)19-9-5-6-10-20(19)28(24,26)27/h2-13H,14H2,1H3. The monoisotopic (exact) mass is 412 g/mol. The summed E-state index contributed by atoms with van der Waals surface area (Å²) in [6, 6.07) is 20.1. The van der Waals surface area contributed by atoms with E-state index in [2.05, 4.69) is 0 Å². The van der Waals surface area contributed by atoms with Crippen LogP contribution in [-0.2, 0) is 16.6 Å². The number of hydrogen-bond donors (Lipinski definition) is 0. The van der Waals surface area contributed by atoms with E-state index in [1.165, 1.54) is 17.0 Å². The molecule has 0 atom stereocenters. The number of rotatable bonds is 3. The van der Waals surface area contributed by atoms with Crippen molar-refractivity contribution in [1.29, 1.82) is 0 Å². The van der Waals surface area contributed by atoms with Crippen molar-refractivity contribution < 1.29 is 13.2 Å². The second kappa shape index (κ2) is 6.96. The SMILES string of the molecule is Cc1ccc(N2C(=O)N(Cc3ccccc3)c3ccccc3S2(=O)=O)cc1Cl. The van der Waals surface area contributed by atoms with Gasteiger partial charge in [-0.15, -0.1) is 0 Å². The average Bonchev–Trinajstić information content (AvgIpc) is 2.69. The fourth-order valence-corrected chi connectivity index (χ4v) is 4.95. The summed E-state index contributed by atoms with van der Waals surface area (Å²) in [5, 5.41) is 0.397. The maximum Gasteiger partial charge on any atom is 0.343 e. The molecule has 1 aliphatic rings. The quantitative estimate of drug-likeness (QED) is 0.609. The number of hydrogen-bond acceptors (Lipinski definition) is 3. The van der Waals surface area contributed by atoms with Gasteiger partial charge in [0.1, 0.15) is 4.90 Å². The van der Waals surface area contributed by atoms with Gasteiger partial charge in [-0.05, 0) is 42.3 Å². The van der Waals surface area contributed by atoms with Crippen LogP contribution in [-0.4, -0.2) is 14.4 Å². The van der Waals surface area contributed by atoms with Crippen LogP contribution in [0.25, 0.3) is 0 Å². The summed E-state index contributed by atoms with van der Waals surface area (Å²) in [5.41, 5.74) is 2.28. The van der Waals surface area contributed by atoms with Crippen LogP contribution < -0.4 is 9.21 Å². The van der Waals surface area contributed by atoms with Crippen LogP contribution in [0.4, 0.5) is 16.2 Å². The first kappa shape index (κ1) is 18.5. The van der Waals surface area contributed by atoms with Gasteiger partial charge in [0.15, 0.2) is 0 Å². The fourth-order valence-electron chi connectivity index (χ4n) is 3.19. The number of carbonyl (C=O) groups excluding carboxylic acids is 1.